The number of phenolic OH excluding ortho intramolecular Hbond substituents is 1. The van der Waals surface area contributed by atoms with Crippen LogP contribution in [0.2, 0.25) is 0 Å². The molecule has 1 heterocycles. The van der Waals surface area contributed by atoms with Crippen molar-refractivity contribution in [2.24, 2.45) is 5.92 Å². The molecule has 1 aliphatic heterocycles. The summed E-state index contributed by atoms with van der Waals surface area (Å²) in [6.07, 6.45) is 0.798. The molecule has 0 spiro atoms. The van der Waals surface area contributed by atoms with Gasteiger partial charge in [0.15, 0.2) is 23.0 Å². The lowest BCUT2D eigenvalue weighted by Gasteiger charge is -2.28. The summed E-state index contributed by atoms with van der Waals surface area (Å²) in [7, 11) is 8.55. The highest BCUT2D eigenvalue weighted by Gasteiger charge is 2.36. The maximum atomic E-state index is 10.8. The topological polar surface area (TPSA) is 60.4 Å². The fourth-order valence-corrected chi connectivity index (χ4v) is 4.65. The molecule has 2 aliphatic rings. The second-order valence-corrected chi connectivity index (χ2v) is 7.55. The number of fused-ring (bicyclic) bond motifs is 2. The monoisotopic (exact) mass is 397 g/mol. The van der Waals surface area contributed by atoms with Crippen LogP contribution in [0.1, 0.15) is 16.7 Å². The first-order chi connectivity index (χ1) is 14.0. The summed E-state index contributed by atoms with van der Waals surface area (Å²) in [5.41, 5.74) is 5.44. The number of hydrogen-bond acceptors (Lipinski definition) is 6. The predicted octanol–water partition coefficient (Wildman–Crippen LogP) is 3.35. The molecule has 1 N–H and O–H groups in total. The number of nitrogens with zero attached hydrogens (tertiary/aromatic N) is 1. The molecular weight excluding hydrogens is 370 g/mol. The van der Waals surface area contributed by atoms with E-state index in [4.69, 9.17) is 18.9 Å². The van der Waals surface area contributed by atoms with Gasteiger partial charge >= 0.3 is 0 Å². The summed E-state index contributed by atoms with van der Waals surface area (Å²) >= 11 is 0. The van der Waals surface area contributed by atoms with Gasteiger partial charge in [-0.2, -0.15) is 0 Å². The summed E-state index contributed by atoms with van der Waals surface area (Å²) in [5, 5.41) is 10.8. The van der Waals surface area contributed by atoms with Crippen molar-refractivity contribution in [2.75, 3.05) is 48.6 Å². The van der Waals surface area contributed by atoms with Crippen LogP contribution in [0.5, 0.6) is 28.7 Å². The Bertz CT molecular complexity index is 956. The third kappa shape index (κ3) is 3.08. The Morgan fingerprint density at radius 1 is 0.931 bits per heavy atom. The van der Waals surface area contributed by atoms with Gasteiger partial charge in [-0.1, -0.05) is 6.07 Å². The molecule has 154 valence electrons. The Balaban J connectivity index is 1.98. The second-order valence-electron chi connectivity index (χ2n) is 7.55. The van der Waals surface area contributed by atoms with Gasteiger partial charge in [-0.05, 0) is 59.9 Å². The standard InChI is InChI=1S/C23H27NO5/c1-24-11-14-8-16-15(6-7-18(26-2)22(16)25)21(17(14)12-24)13-9-19(27-3)23(29-5)20(10-13)28-4/h6-7,9-10,14,25H,8,11-12H2,1-5H3. The number of phenols is 1. The van der Waals surface area contributed by atoms with E-state index in [2.05, 4.69) is 11.9 Å². The molecule has 2 aromatic rings. The third-order valence-corrected chi connectivity index (χ3v) is 5.93. The van der Waals surface area contributed by atoms with Gasteiger partial charge in [0.05, 0.1) is 28.4 Å². The highest BCUT2D eigenvalue weighted by atomic mass is 16.5. The molecule has 0 aromatic heterocycles. The molecule has 29 heavy (non-hydrogen) atoms. The average Bonchev–Trinajstić information content (AvgIpc) is 3.11. The van der Waals surface area contributed by atoms with Gasteiger partial charge < -0.3 is 29.0 Å². The van der Waals surface area contributed by atoms with Crippen molar-refractivity contribution in [2.45, 2.75) is 6.42 Å². The van der Waals surface area contributed by atoms with Crippen LogP contribution in [0.4, 0.5) is 0 Å². The van der Waals surface area contributed by atoms with E-state index in [1.54, 1.807) is 28.4 Å². The first kappa shape index (κ1) is 19.5. The Morgan fingerprint density at radius 2 is 1.59 bits per heavy atom. The van der Waals surface area contributed by atoms with Crippen molar-refractivity contribution in [3.63, 3.8) is 0 Å². The van der Waals surface area contributed by atoms with Crippen LogP contribution in [0, 0.1) is 5.92 Å². The van der Waals surface area contributed by atoms with Gasteiger partial charge in [0.25, 0.3) is 0 Å². The molecule has 0 bridgehead atoms. The molecule has 4 rings (SSSR count). The number of ether oxygens (including phenoxy) is 4. The first-order valence-corrected chi connectivity index (χ1v) is 9.63. The van der Waals surface area contributed by atoms with E-state index < -0.39 is 0 Å². The van der Waals surface area contributed by atoms with Crippen LogP contribution >= 0.6 is 0 Å². The van der Waals surface area contributed by atoms with E-state index in [0.717, 1.165) is 41.8 Å². The zero-order valence-corrected chi connectivity index (χ0v) is 17.5. The highest BCUT2D eigenvalue weighted by molar-refractivity contribution is 5.89. The Morgan fingerprint density at radius 3 is 2.17 bits per heavy atom. The van der Waals surface area contributed by atoms with Crippen LogP contribution < -0.4 is 18.9 Å². The summed E-state index contributed by atoms with van der Waals surface area (Å²) in [6, 6.07) is 7.82. The lowest BCUT2D eigenvalue weighted by atomic mass is 9.77. The number of benzene rings is 2. The van der Waals surface area contributed by atoms with Crippen molar-refractivity contribution in [3.8, 4) is 28.7 Å². The van der Waals surface area contributed by atoms with Crippen LogP contribution in [-0.2, 0) is 6.42 Å². The average molecular weight is 397 g/mol. The SMILES string of the molecule is COc1ccc2c(c1O)CC1CN(C)CC1=C2c1cc(OC)c(OC)c(OC)c1. The number of rotatable bonds is 5. The van der Waals surface area contributed by atoms with Crippen LogP contribution in [0.25, 0.3) is 5.57 Å². The minimum absolute atomic E-state index is 0.226. The molecule has 0 radical (unpaired) electrons. The molecule has 1 unspecified atom stereocenters. The van der Waals surface area contributed by atoms with Gasteiger partial charge in [0, 0.05) is 18.7 Å². The lowest BCUT2D eigenvalue weighted by molar-refractivity contribution is 0.324. The maximum absolute atomic E-state index is 10.8. The zero-order valence-electron chi connectivity index (χ0n) is 17.5. The molecule has 2 aromatic carbocycles. The number of likely N-dealkylation sites (tertiary alicyclic amines) is 1. The number of hydrogen-bond donors (Lipinski definition) is 1. The van der Waals surface area contributed by atoms with Crippen molar-refractivity contribution in [3.05, 3.63) is 46.5 Å². The zero-order chi connectivity index (χ0) is 20.7. The molecule has 6 heteroatoms. The first-order valence-electron chi connectivity index (χ1n) is 9.63. The molecule has 6 nitrogen and oxygen atoms in total. The van der Waals surface area contributed by atoms with E-state index in [9.17, 15) is 5.11 Å². The minimum Gasteiger partial charge on any atom is -0.504 e. The number of likely N-dealkylation sites (N-methyl/N-ethyl adjacent to an activating group) is 1. The van der Waals surface area contributed by atoms with E-state index in [0.29, 0.717) is 28.9 Å². The van der Waals surface area contributed by atoms with Crippen molar-refractivity contribution < 1.29 is 24.1 Å². The number of aromatic hydroxyl groups is 1. The third-order valence-electron chi connectivity index (χ3n) is 5.93. The normalized spacial score (nSPS) is 18.3. The van der Waals surface area contributed by atoms with E-state index >= 15 is 0 Å². The van der Waals surface area contributed by atoms with Gasteiger partial charge in [-0.25, -0.2) is 0 Å². The summed E-state index contributed by atoms with van der Waals surface area (Å²) in [5.74, 6) is 2.87. The van der Waals surface area contributed by atoms with Crippen molar-refractivity contribution >= 4 is 5.57 Å². The van der Waals surface area contributed by atoms with E-state index in [1.165, 1.54) is 5.57 Å². The van der Waals surface area contributed by atoms with Gasteiger partial charge in [-0.3, -0.25) is 0 Å². The summed E-state index contributed by atoms with van der Waals surface area (Å²) in [4.78, 5) is 2.32. The quantitative estimate of drug-likeness (QED) is 0.835. The maximum Gasteiger partial charge on any atom is 0.203 e. The molecule has 1 saturated heterocycles. The Kier molecular flexibility index (Phi) is 5.04. The van der Waals surface area contributed by atoms with Crippen LogP contribution in [-0.4, -0.2) is 58.6 Å². The Hall–Kier alpha value is -2.86. The van der Waals surface area contributed by atoms with Crippen molar-refractivity contribution in [1.29, 1.82) is 0 Å². The minimum atomic E-state index is 0.226. The fraction of sp³-hybridized carbons (Fsp3) is 0.391. The largest absolute Gasteiger partial charge is 0.504 e. The van der Waals surface area contributed by atoms with Gasteiger partial charge in [0.2, 0.25) is 5.75 Å². The van der Waals surface area contributed by atoms with E-state index in [1.807, 2.05) is 24.3 Å². The molecule has 0 saturated carbocycles. The lowest BCUT2D eigenvalue weighted by Crippen LogP contribution is -2.17. The fourth-order valence-electron chi connectivity index (χ4n) is 4.65. The van der Waals surface area contributed by atoms with Crippen LogP contribution in [0.15, 0.2) is 29.8 Å². The Labute approximate surface area is 171 Å². The molecule has 0 amide bonds. The van der Waals surface area contributed by atoms with Crippen LogP contribution in [0.3, 0.4) is 0 Å². The highest BCUT2D eigenvalue weighted by Crippen LogP contribution is 2.49. The van der Waals surface area contributed by atoms with E-state index in [-0.39, 0.29) is 5.75 Å². The molecule has 1 aliphatic carbocycles. The summed E-state index contributed by atoms with van der Waals surface area (Å²) in [6.45, 7) is 1.85. The van der Waals surface area contributed by atoms with Gasteiger partial charge in [-0.15, -0.1) is 0 Å². The smallest absolute Gasteiger partial charge is 0.203 e. The van der Waals surface area contributed by atoms with Crippen molar-refractivity contribution in [1.82, 2.24) is 4.90 Å². The molecule has 1 fully saturated rings. The molecular formula is C23H27NO5. The molecule has 1 atom stereocenters. The second kappa shape index (κ2) is 7.52. The predicted molar refractivity (Wildman–Crippen MR) is 111 cm³/mol. The summed E-state index contributed by atoms with van der Waals surface area (Å²) < 4.78 is 22.0. The van der Waals surface area contributed by atoms with Gasteiger partial charge in [0.1, 0.15) is 0 Å². The number of methoxy groups -OCH3 is 4.